The van der Waals surface area contributed by atoms with Gasteiger partial charge < -0.3 is 19.7 Å². The number of benzene rings is 1. The minimum atomic E-state index is -0.0761. The molecule has 1 atom stereocenters. The van der Waals surface area contributed by atoms with Crippen molar-refractivity contribution in [3.05, 3.63) is 58.9 Å². The number of methoxy groups -OCH3 is 2. The minimum Gasteiger partial charge on any atom is -0.496 e. The van der Waals surface area contributed by atoms with Crippen LogP contribution >= 0.6 is 11.3 Å². The third-order valence-electron chi connectivity index (χ3n) is 5.43. The molecule has 1 saturated heterocycles. The SMILES string of the molecule is COc1cccc(OC)c1C(=O)N1CCCC(c2cc(Nc3nccs3)cc(C)n2)C1. The van der Waals surface area contributed by atoms with E-state index in [-0.39, 0.29) is 11.8 Å². The average Bonchev–Trinajstić information content (AvgIpc) is 3.30. The van der Waals surface area contributed by atoms with Crippen molar-refractivity contribution in [2.24, 2.45) is 0 Å². The summed E-state index contributed by atoms with van der Waals surface area (Å²) >= 11 is 1.55. The van der Waals surface area contributed by atoms with Crippen molar-refractivity contribution in [3.63, 3.8) is 0 Å². The molecule has 1 unspecified atom stereocenters. The maximum Gasteiger partial charge on any atom is 0.261 e. The van der Waals surface area contributed by atoms with Gasteiger partial charge >= 0.3 is 0 Å². The number of hydrogen-bond acceptors (Lipinski definition) is 7. The molecule has 162 valence electrons. The van der Waals surface area contributed by atoms with E-state index < -0.39 is 0 Å². The first-order valence-corrected chi connectivity index (χ1v) is 11.1. The molecule has 1 N–H and O–H groups in total. The van der Waals surface area contributed by atoms with Gasteiger partial charge in [-0.25, -0.2) is 4.98 Å². The van der Waals surface area contributed by atoms with Gasteiger partial charge in [-0.2, -0.15) is 0 Å². The monoisotopic (exact) mass is 438 g/mol. The van der Waals surface area contributed by atoms with E-state index in [1.165, 1.54) is 0 Å². The van der Waals surface area contributed by atoms with Crippen LogP contribution in [0.5, 0.6) is 11.5 Å². The van der Waals surface area contributed by atoms with Crippen LogP contribution in [0, 0.1) is 6.92 Å². The number of amides is 1. The number of carbonyl (C=O) groups is 1. The van der Waals surface area contributed by atoms with E-state index in [1.807, 2.05) is 29.3 Å². The first-order valence-electron chi connectivity index (χ1n) is 10.2. The van der Waals surface area contributed by atoms with Gasteiger partial charge in [-0.05, 0) is 44.0 Å². The lowest BCUT2D eigenvalue weighted by atomic mass is 9.93. The van der Waals surface area contributed by atoms with Crippen molar-refractivity contribution in [1.82, 2.24) is 14.9 Å². The highest BCUT2D eigenvalue weighted by Gasteiger charge is 2.30. The number of anilines is 2. The second-order valence-corrected chi connectivity index (χ2v) is 8.41. The molecule has 3 aromatic rings. The molecule has 8 heteroatoms. The average molecular weight is 439 g/mol. The Hall–Kier alpha value is -3.13. The Morgan fingerprint density at radius 2 is 2.00 bits per heavy atom. The predicted octanol–water partition coefficient (Wildman–Crippen LogP) is 4.63. The standard InChI is InChI=1S/C23H26N4O3S/c1-15-12-17(26-23-24-9-11-31-23)13-18(25-15)16-6-5-10-27(14-16)22(28)21-19(29-2)7-4-8-20(21)30-3/h4,7-9,11-13,16H,5-6,10,14H2,1-3H3,(H,24,25,26). The molecule has 1 aliphatic rings. The van der Waals surface area contributed by atoms with Gasteiger partial charge in [-0.15, -0.1) is 11.3 Å². The Morgan fingerprint density at radius 1 is 1.23 bits per heavy atom. The number of carbonyl (C=O) groups excluding carboxylic acids is 1. The zero-order valence-electron chi connectivity index (χ0n) is 17.9. The number of aromatic nitrogens is 2. The van der Waals surface area contributed by atoms with Gasteiger partial charge in [0.25, 0.3) is 5.91 Å². The van der Waals surface area contributed by atoms with Crippen LogP contribution in [0.4, 0.5) is 10.8 Å². The van der Waals surface area contributed by atoms with Crippen LogP contribution in [-0.2, 0) is 0 Å². The van der Waals surface area contributed by atoms with Gasteiger partial charge in [0.05, 0.1) is 14.2 Å². The predicted molar refractivity (Wildman–Crippen MR) is 122 cm³/mol. The summed E-state index contributed by atoms with van der Waals surface area (Å²) in [6, 6.07) is 9.47. The lowest BCUT2D eigenvalue weighted by Crippen LogP contribution is -2.39. The molecule has 0 aliphatic carbocycles. The molecule has 4 rings (SSSR count). The van der Waals surface area contributed by atoms with E-state index in [4.69, 9.17) is 14.5 Å². The highest BCUT2D eigenvalue weighted by Crippen LogP contribution is 2.33. The van der Waals surface area contributed by atoms with Crippen molar-refractivity contribution in [2.75, 3.05) is 32.6 Å². The molecule has 0 bridgehead atoms. The Bertz CT molecular complexity index is 1030. The van der Waals surface area contributed by atoms with Crippen LogP contribution in [0.15, 0.2) is 41.9 Å². The van der Waals surface area contributed by atoms with Gasteiger partial charge in [-0.1, -0.05) is 6.07 Å². The highest BCUT2D eigenvalue weighted by atomic mass is 32.1. The number of piperidine rings is 1. The third-order valence-corrected chi connectivity index (χ3v) is 6.11. The summed E-state index contributed by atoms with van der Waals surface area (Å²) < 4.78 is 10.9. The molecule has 3 heterocycles. The number of hydrogen-bond donors (Lipinski definition) is 1. The fourth-order valence-electron chi connectivity index (χ4n) is 4.01. The molecule has 1 fully saturated rings. The van der Waals surface area contributed by atoms with Crippen molar-refractivity contribution >= 4 is 28.1 Å². The maximum absolute atomic E-state index is 13.4. The molecule has 0 radical (unpaired) electrons. The molecule has 7 nitrogen and oxygen atoms in total. The van der Waals surface area contributed by atoms with E-state index in [2.05, 4.69) is 16.4 Å². The summed E-state index contributed by atoms with van der Waals surface area (Å²) in [5, 5.41) is 6.13. The number of nitrogens with zero attached hydrogens (tertiary/aromatic N) is 3. The topological polar surface area (TPSA) is 76.6 Å². The van der Waals surface area contributed by atoms with E-state index in [0.29, 0.717) is 30.2 Å². The number of ether oxygens (including phenoxy) is 2. The normalized spacial score (nSPS) is 16.1. The Kier molecular flexibility index (Phi) is 6.36. The van der Waals surface area contributed by atoms with Crippen LogP contribution < -0.4 is 14.8 Å². The van der Waals surface area contributed by atoms with Crippen LogP contribution in [0.1, 0.15) is 40.5 Å². The fraction of sp³-hybridized carbons (Fsp3) is 0.348. The number of pyridine rings is 1. The first kappa shape index (κ1) is 21.1. The lowest BCUT2D eigenvalue weighted by molar-refractivity contribution is 0.0699. The molecule has 0 spiro atoms. The largest absolute Gasteiger partial charge is 0.496 e. The molecular weight excluding hydrogens is 412 g/mol. The van der Waals surface area contributed by atoms with Crippen LogP contribution in [0.2, 0.25) is 0 Å². The summed E-state index contributed by atoms with van der Waals surface area (Å²) in [5.41, 5.74) is 3.36. The second-order valence-electron chi connectivity index (χ2n) is 7.51. The lowest BCUT2D eigenvalue weighted by Gasteiger charge is -2.33. The van der Waals surface area contributed by atoms with Gasteiger partial charge in [0.15, 0.2) is 5.13 Å². The molecule has 31 heavy (non-hydrogen) atoms. The van der Waals surface area contributed by atoms with E-state index in [9.17, 15) is 4.79 Å². The smallest absolute Gasteiger partial charge is 0.261 e. The fourth-order valence-corrected chi connectivity index (χ4v) is 4.56. The first-order chi connectivity index (χ1) is 15.1. The van der Waals surface area contributed by atoms with E-state index in [1.54, 1.807) is 43.9 Å². The molecular formula is C23H26N4O3S. The number of rotatable bonds is 6. The Balaban J connectivity index is 1.57. The van der Waals surface area contributed by atoms with Crippen molar-refractivity contribution in [3.8, 4) is 11.5 Å². The molecule has 1 aromatic carbocycles. The second kappa shape index (κ2) is 9.34. The highest BCUT2D eigenvalue weighted by molar-refractivity contribution is 7.13. The van der Waals surface area contributed by atoms with Gasteiger partial charge in [0, 0.05) is 47.7 Å². The molecule has 0 saturated carbocycles. The molecule has 2 aromatic heterocycles. The van der Waals surface area contributed by atoms with Gasteiger partial charge in [0.1, 0.15) is 17.1 Å². The molecule has 1 amide bonds. The number of thiazole rings is 1. The third kappa shape index (κ3) is 4.64. The number of nitrogens with one attached hydrogen (secondary N) is 1. The zero-order chi connectivity index (χ0) is 21.8. The van der Waals surface area contributed by atoms with Gasteiger partial charge in [-0.3, -0.25) is 9.78 Å². The maximum atomic E-state index is 13.4. The van der Waals surface area contributed by atoms with Crippen molar-refractivity contribution in [2.45, 2.75) is 25.7 Å². The minimum absolute atomic E-state index is 0.0761. The number of likely N-dealkylation sites (tertiary alicyclic amines) is 1. The van der Waals surface area contributed by atoms with E-state index >= 15 is 0 Å². The summed E-state index contributed by atoms with van der Waals surface area (Å²) in [7, 11) is 3.14. The summed E-state index contributed by atoms with van der Waals surface area (Å²) in [5.74, 6) is 1.13. The Morgan fingerprint density at radius 3 is 2.68 bits per heavy atom. The zero-order valence-corrected chi connectivity index (χ0v) is 18.7. The van der Waals surface area contributed by atoms with Crippen LogP contribution in [0.3, 0.4) is 0 Å². The van der Waals surface area contributed by atoms with Gasteiger partial charge in [0.2, 0.25) is 0 Å². The van der Waals surface area contributed by atoms with Crippen molar-refractivity contribution in [1.29, 1.82) is 0 Å². The Labute approximate surface area is 186 Å². The van der Waals surface area contributed by atoms with Crippen LogP contribution in [0.25, 0.3) is 0 Å². The van der Waals surface area contributed by atoms with Crippen molar-refractivity contribution < 1.29 is 14.3 Å². The summed E-state index contributed by atoms with van der Waals surface area (Å²) in [6.07, 6.45) is 3.68. The summed E-state index contributed by atoms with van der Waals surface area (Å²) in [4.78, 5) is 24.4. The number of aryl methyl sites for hydroxylation is 1. The van der Waals surface area contributed by atoms with Crippen LogP contribution in [-0.4, -0.2) is 48.1 Å². The summed E-state index contributed by atoms with van der Waals surface area (Å²) in [6.45, 7) is 3.29. The quantitative estimate of drug-likeness (QED) is 0.605. The molecule has 1 aliphatic heterocycles. The van der Waals surface area contributed by atoms with E-state index in [0.717, 1.165) is 35.0 Å².